The maximum atomic E-state index is 12.3. The van der Waals surface area contributed by atoms with Crippen LogP contribution in [-0.4, -0.2) is 24.1 Å². The summed E-state index contributed by atoms with van der Waals surface area (Å²) in [7, 11) is 0. The fraction of sp³-hybridized carbons (Fsp3) is 0.591. The average molecular weight is 392 g/mol. The van der Waals surface area contributed by atoms with Crippen molar-refractivity contribution in [2.24, 2.45) is 11.3 Å². The summed E-state index contributed by atoms with van der Waals surface area (Å²) in [6.07, 6.45) is 2.02. The van der Waals surface area contributed by atoms with Crippen LogP contribution in [0.15, 0.2) is 30.3 Å². The quantitative estimate of drug-likeness (QED) is 0.377. The number of alkyl carbamates (subject to hydrolysis) is 1. The fourth-order valence-electron chi connectivity index (χ4n) is 2.54. The second kappa shape index (κ2) is 11.5. The van der Waals surface area contributed by atoms with E-state index in [1.165, 1.54) is 0 Å². The standard InChI is InChI=1S/C22H33NO5/c1-16(2)19(23-21(26)27-15-17-11-7-6-8-12-17)20(25)28-18(24)13-9-10-14-22(3,4)5/h6-8,11-12,16,19H,9-10,13-15H2,1-5H3,(H,23,26)/t19-/m0/s1. The molecule has 0 aromatic heterocycles. The van der Waals surface area contributed by atoms with Crippen molar-refractivity contribution in [3.63, 3.8) is 0 Å². The minimum absolute atomic E-state index is 0.0965. The van der Waals surface area contributed by atoms with Gasteiger partial charge in [0.2, 0.25) is 0 Å². The normalized spacial score (nSPS) is 12.4. The zero-order valence-corrected chi connectivity index (χ0v) is 17.6. The van der Waals surface area contributed by atoms with E-state index in [0.717, 1.165) is 18.4 Å². The van der Waals surface area contributed by atoms with E-state index in [0.29, 0.717) is 6.42 Å². The number of rotatable bonds is 9. The van der Waals surface area contributed by atoms with Crippen LogP contribution in [0.3, 0.4) is 0 Å². The first kappa shape index (κ1) is 23.7. The van der Waals surface area contributed by atoms with E-state index < -0.39 is 24.1 Å². The molecule has 0 aliphatic carbocycles. The molecule has 0 aliphatic heterocycles. The fourth-order valence-corrected chi connectivity index (χ4v) is 2.54. The molecule has 0 spiro atoms. The van der Waals surface area contributed by atoms with Crippen LogP contribution in [0.5, 0.6) is 0 Å². The second-order valence-corrected chi connectivity index (χ2v) is 8.49. The molecule has 0 unspecified atom stereocenters. The van der Waals surface area contributed by atoms with Crippen LogP contribution >= 0.6 is 0 Å². The number of nitrogens with one attached hydrogen (secondary N) is 1. The highest BCUT2D eigenvalue weighted by molar-refractivity contribution is 5.90. The molecule has 6 nitrogen and oxygen atoms in total. The number of hydrogen-bond donors (Lipinski definition) is 1. The maximum Gasteiger partial charge on any atom is 0.408 e. The predicted octanol–water partition coefficient (Wildman–Crippen LogP) is 4.61. The van der Waals surface area contributed by atoms with E-state index in [4.69, 9.17) is 9.47 Å². The summed E-state index contributed by atoms with van der Waals surface area (Å²) in [6, 6.07) is 8.28. The van der Waals surface area contributed by atoms with Crippen molar-refractivity contribution in [2.75, 3.05) is 0 Å². The number of hydrogen-bond acceptors (Lipinski definition) is 5. The van der Waals surface area contributed by atoms with Crippen LogP contribution < -0.4 is 5.32 Å². The van der Waals surface area contributed by atoms with Crippen molar-refractivity contribution in [3.8, 4) is 0 Å². The van der Waals surface area contributed by atoms with E-state index in [1.54, 1.807) is 13.8 Å². The van der Waals surface area contributed by atoms with Gasteiger partial charge in [-0.3, -0.25) is 4.79 Å². The summed E-state index contributed by atoms with van der Waals surface area (Å²) >= 11 is 0. The summed E-state index contributed by atoms with van der Waals surface area (Å²) in [5.74, 6) is -1.57. The number of ether oxygens (including phenoxy) is 2. The number of carbonyl (C=O) groups excluding carboxylic acids is 3. The molecule has 0 saturated heterocycles. The largest absolute Gasteiger partial charge is 0.445 e. The summed E-state index contributed by atoms with van der Waals surface area (Å²) < 4.78 is 10.1. The van der Waals surface area contributed by atoms with Gasteiger partial charge in [-0.15, -0.1) is 0 Å². The highest BCUT2D eigenvalue weighted by atomic mass is 16.6. The Balaban J connectivity index is 2.43. The predicted molar refractivity (Wildman–Crippen MR) is 107 cm³/mol. The molecule has 0 aliphatic rings. The molecule has 156 valence electrons. The van der Waals surface area contributed by atoms with E-state index in [9.17, 15) is 14.4 Å². The van der Waals surface area contributed by atoms with Gasteiger partial charge in [0.1, 0.15) is 12.6 Å². The smallest absolute Gasteiger partial charge is 0.408 e. The van der Waals surface area contributed by atoms with Gasteiger partial charge in [-0.25, -0.2) is 9.59 Å². The number of carbonyl (C=O) groups is 3. The first-order chi connectivity index (χ1) is 13.1. The summed E-state index contributed by atoms with van der Waals surface area (Å²) in [5.41, 5.74) is 1.05. The molecular weight excluding hydrogens is 358 g/mol. The zero-order chi connectivity index (χ0) is 21.2. The van der Waals surface area contributed by atoms with Crippen molar-refractivity contribution in [1.82, 2.24) is 5.32 Å². The van der Waals surface area contributed by atoms with Crippen molar-refractivity contribution in [1.29, 1.82) is 0 Å². The number of amides is 1. The molecule has 0 heterocycles. The molecule has 0 fully saturated rings. The van der Waals surface area contributed by atoms with Crippen LogP contribution in [0.4, 0.5) is 4.79 Å². The highest BCUT2D eigenvalue weighted by Gasteiger charge is 2.28. The lowest BCUT2D eigenvalue weighted by molar-refractivity contribution is -0.162. The minimum Gasteiger partial charge on any atom is -0.445 e. The van der Waals surface area contributed by atoms with Crippen LogP contribution in [0.25, 0.3) is 0 Å². The first-order valence-corrected chi connectivity index (χ1v) is 9.80. The Kier molecular flexibility index (Phi) is 9.69. The lowest BCUT2D eigenvalue weighted by atomic mass is 9.89. The van der Waals surface area contributed by atoms with E-state index >= 15 is 0 Å². The maximum absolute atomic E-state index is 12.3. The molecule has 0 bridgehead atoms. The molecule has 0 radical (unpaired) electrons. The van der Waals surface area contributed by atoms with Gasteiger partial charge >= 0.3 is 18.0 Å². The molecule has 6 heteroatoms. The van der Waals surface area contributed by atoms with E-state index in [-0.39, 0.29) is 24.4 Å². The lowest BCUT2D eigenvalue weighted by Crippen LogP contribution is -2.46. The van der Waals surface area contributed by atoms with Gasteiger partial charge in [0.25, 0.3) is 0 Å². The second-order valence-electron chi connectivity index (χ2n) is 8.49. The van der Waals surface area contributed by atoms with E-state index in [1.807, 2.05) is 30.3 Å². The SMILES string of the molecule is CC(C)[C@H](NC(=O)OCc1ccccc1)C(=O)OC(=O)CCCCC(C)(C)C. The molecular formula is C22H33NO5. The molecule has 28 heavy (non-hydrogen) atoms. The van der Waals surface area contributed by atoms with Gasteiger partial charge in [-0.1, -0.05) is 71.4 Å². The Morgan fingerprint density at radius 3 is 2.25 bits per heavy atom. The van der Waals surface area contributed by atoms with Crippen molar-refractivity contribution >= 4 is 18.0 Å². The molecule has 1 aromatic carbocycles. The molecule has 1 atom stereocenters. The topological polar surface area (TPSA) is 81.7 Å². The first-order valence-electron chi connectivity index (χ1n) is 9.80. The van der Waals surface area contributed by atoms with E-state index in [2.05, 4.69) is 26.1 Å². The molecule has 1 N–H and O–H groups in total. The molecule has 1 aromatic rings. The number of unbranched alkanes of at least 4 members (excludes halogenated alkanes) is 1. The third kappa shape index (κ3) is 10.1. The lowest BCUT2D eigenvalue weighted by Gasteiger charge is -2.20. The van der Waals surface area contributed by atoms with Crippen LogP contribution in [0, 0.1) is 11.3 Å². The minimum atomic E-state index is -0.943. The van der Waals surface area contributed by atoms with Crippen LogP contribution in [-0.2, 0) is 25.7 Å². The van der Waals surface area contributed by atoms with Gasteiger partial charge in [0.05, 0.1) is 0 Å². The Bertz CT molecular complexity index is 634. The number of benzene rings is 1. The summed E-state index contributed by atoms with van der Waals surface area (Å²) in [5, 5.41) is 2.49. The number of esters is 2. The molecule has 0 saturated carbocycles. The van der Waals surface area contributed by atoms with Crippen molar-refractivity contribution in [3.05, 3.63) is 35.9 Å². The zero-order valence-electron chi connectivity index (χ0n) is 17.6. The third-order valence-electron chi connectivity index (χ3n) is 4.18. The Labute approximate surface area is 168 Å². The van der Waals surface area contributed by atoms with Gasteiger partial charge in [0, 0.05) is 6.42 Å². The summed E-state index contributed by atoms with van der Waals surface area (Å²) in [6.45, 7) is 10.0. The van der Waals surface area contributed by atoms with Crippen molar-refractivity contribution in [2.45, 2.75) is 73.0 Å². The molecule has 1 rings (SSSR count). The molecule has 1 amide bonds. The van der Waals surface area contributed by atoms with Gasteiger partial charge < -0.3 is 14.8 Å². The third-order valence-corrected chi connectivity index (χ3v) is 4.18. The highest BCUT2D eigenvalue weighted by Crippen LogP contribution is 2.22. The Morgan fingerprint density at radius 1 is 1.04 bits per heavy atom. The Hall–Kier alpha value is -2.37. The average Bonchev–Trinajstić information content (AvgIpc) is 2.61. The van der Waals surface area contributed by atoms with Gasteiger partial charge in [-0.2, -0.15) is 0 Å². The van der Waals surface area contributed by atoms with Crippen LogP contribution in [0.2, 0.25) is 0 Å². The van der Waals surface area contributed by atoms with Gasteiger partial charge in [-0.05, 0) is 29.7 Å². The van der Waals surface area contributed by atoms with Crippen LogP contribution in [0.1, 0.15) is 65.9 Å². The van der Waals surface area contributed by atoms with Crippen molar-refractivity contribution < 1.29 is 23.9 Å². The Morgan fingerprint density at radius 2 is 1.68 bits per heavy atom. The van der Waals surface area contributed by atoms with Gasteiger partial charge in [0.15, 0.2) is 0 Å². The monoisotopic (exact) mass is 391 g/mol. The summed E-state index contributed by atoms with van der Waals surface area (Å²) in [4.78, 5) is 36.2.